The molecule has 0 atom stereocenters. The van der Waals surface area contributed by atoms with Crippen LogP contribution in [-0.2, 0) is 6.42 Å². The van der Waals surface area contributed by atoms with E-state index in [0.29, 0.717) is 29.1 Å². The van der Waals surface area contributed by atoms with Crippen LogP contribution in [0, 0.1) is 6.92 Å². The molecule has 10 nitrogen and oxygen atoms in total. The molecular weight excluding hydrogens is 412 g/mol. The lowest BCUT2D eigenvalue weighted by molar-refractivity contribution is 0.0685. The Kier molecular flexibility index (Phi) is 5.67. The molecule has 4 N–H and O–H groups in total. The van der Waals surface area contributed by atoms with Crippen molar-refractivity contribution in [3.63, 3.8) is 0 Å². The molecule has 2 heterocycles. The highest BCUT2D eigenvalue weighted by molar-refractivity contribution is 5.96. The summed E-state index contributed by atoms with van der Waals surface area (Å²) in [6.07, 6.45) is 2.13. The number of hydrogen-bond donors (Lipinski definition) is 3. The number of nitrogens with two attached hydrogens (primary N) is 1. The molecule has 0 fully saturated rings. The summed E-state index contributed by atoms with van der Waals surface area (Å²) in [5.41, 5.74) is 9.92. The van der Waals surface area contributed by atoms with Crippen molar-refractivity contribution in [2.75, 3.05) is 12.3 Å². The van der Waals surface area contributed by atoms with Crippen molar-refractivity contribution >= 4 is 17.6 Å². The molecule has 32 heavy (non-hydrogen) atoms. The van der Waals surface area contributed by atoms with Gasteiger partial charge in [0.1, 0.15) is 11.5 Å². The molecule has 0 aliphatic heterocycles. The number of nitrogens with one attached hydrogen (secondary N) is 1. The Hall–Kier alpha value is -4.47. The number of aryl methyl sites for hydroxylation is 1. The fraction of sp³-hybridized carbons (Fsp3) is 0.136. The number of anilines is 1. The number of benzene rings is 2. The quantitative estimate of drug-likeness (QED) is 0.377. The summed E-state index contributed by atoms with van der Waals surface area (Å²) in [6, 6.07) is 14.1. The summed E-state index contributed by atoms with van der Waals surface area (Å²) in [4.78, 5) is 23.4. The molecule has 0 radical (unpaired) electrons. The predicted molar refractivity (Wildman–Crippen MR) is 115 cm³/mol. The van der Waals surface area contributed by atoms with Gasteiger partial charge in [-0.1, -0.05) is 22.5 Å². The van der Waals surface area contributed by atoms with Gasteiger partial charge in [0, 0.05) is 35.8 Å². The zero-order valence-corrected chi connectivity index (χ0v) is 17.1. The molecule has 0 spiro atoms. The van der Waals surface area contributed by atoms with Crippen molar-refractivity contribution in [1.82, 2.24) is 25.5 Å². The summed E-state index contributed by atoms with van der Waals surface area (Å²) >= 11 is 0. The highest BCUT2D eigenvalue weighted by Crippen LogP contribution is 2.22. The van der Waals surface area contributed by atoms with E-state index in [1.165, 1.54) is 6.07 Å². The molecule has 0 saturated heterocycles. The number of amides is 1. The van der Waals surface area contributed by atoms with E-state index in [1.54, 1.807) is 29.1 Å². The van der Waals surface area contributed by atoms with E-state index < -0.39 is 5.97 Å². The highest BCUT2D eigenvalue weighted by atomic mass is 16.5. The number of nitrogen functional groups attached to an aromatic ring is 1. The van der Waals surface area contributed by atoms with Gasteiger partial charge in [-0.2, -0.15) is 0 Å². The van der Waals surface area contributed by atoms with Crippen LogP contribution in [0.3, 0.4) is 0 Å². The van der Waals surface area contributed by atoms with Crippen LogP contribution in [0.2, 0.25) is 0 Å². The fourth-order valence-electron chi connectivity index (χ4n) is 3.19. The molecule has 4 aromatic rings. The standard InChI is InChI=1S/C22H20N6O4/c1-13-9-14(20-12-28(27-25-20)16-4-2-3-15(23)10-16)5-6-18(13)21(29)24-8-7-17-11-19(22(30)31)26-32-17/h2-6,9-12H,7-8,23H2,1H3,(H,24,29)(H,30,31). The minimum absolute atomic E-state index is 0.162. The maximum Gasteiger partial charge on any atom is 0.358 e. The smallest absolute Gasteiger partial charge is 0.358 e. The van der Waals surface area contributed by atoms with E-state index in [-0.39, 0.29) is 18.1 Å². The second-order valence-electron chi connectivity index (χ2n) is 7.16. The Labute approximate surface area is 182 Å². The summed E-state index contributed by atoms with van der Waals surface area (Å²) in [7, 11) is 0. The van der Waals surface area contributed by atoms with Gasteiger partial charge in [0.2, 0.25) is 0 Å². The van der Waals surface area contributed by atoms with E-state index in [9.17, 15) is 9.59 Å². The van der Waals surface area contributed by atoms with E-state index in [4.69, 9.17) is 15.4 Å². The summed E-state index contributed by atoms with van der Waals surface area (Å²) in [6.45, 7) is 2.12. The largest absolute Gasteiger partial charge is 0.476 e. The van der Waals surface area contributed by atoms with Gasteiger partial charge in [0.05, 0.1) is 11.9 Å². The van der Waals surface area contributed by atoms with Crippen molar-refractivity contribution in [3.8, 4) is 16.9 Å². The van der Waals surface area contributed by atoms with Gasteiger partial charge < -0.3 is 20.7 Å². The van der Waals surface area contributed by atoms with Gasteiger partial charge in [0.25, 0.3) is 5.91 Å². The summed E-state index contributed by atoms with van der Waals surface area (Å²) < 4.78 is 6.58. The fourth-order valence-corrected chi connectivity index (χ4v) is 3.19. The van der Waals surface area contributed by atoms with Crippen LogP contribution in [-0.4, -0.2) is 43.7 Å². The highest BCUT2D eigenvalue weighted by Gasteiger charge is 2.14. The molecule has 10 heteroatoms. The number of carbonyl (C=O) groups is 2. The van der Waals surface area contributed by atoms with Crippen molar-refractivity contribution in [1.29, 1.82) is 0 Å². The van der Waals surface area contributed by atoms with Crippen LogP contribution in [0.1, 0.15) is 32.2 Å². The van der Waals surface area contributed by atoms with Crippen molar-refractivity contribution in [2.45, 2.75) is 13.3 Å². The number of aromatic carboxylic acids is 1. The average Bonchev–Trinajstić information content (AvgIpc) is 3.44. The maximum atomic E-state index is 12.5. The molecule has 162 valence electrons. The molecule has 2 aromatic heterocycles. The number of nitrogens with zero attached hydrogens (tertiary/aromatic N) is 4. The first kappa shape index (κ1) is 20.8. The summed E-state index contributed by atoms with van der Waals surface area (Å²) in [5.74, 6) is -1.01. The molecule has 2 aromatic carbocycles. The Balaban J connectivity index is 1.41. The lowest BCUT2D eigenvalue weighted by atomic mass is 10.0. The Morgan fingerprint density at radius 3 is 2.75 bits per heavy atom. The number of hydrogen-bond acceptors (Lipinski definition) is 7. The van der Waals surface area contributed by atoms with Crippen LogP contribution in [0.4, 0.5) is 5.69 Å². The molecule has 0 aliphatic carbocycles. The molecule has 1 amide bonds. The topological polar surface area (TPSA) is 149 Å². The number of rotatable bonds is 7. The van der Waals surface area contributed by atoms with Gasteiger partial charge >= 0.3 is 5.97 Å². The number of carbonyl (C=O) groups excluding carboxylic acids is 1. The second-order valence-corrected chi connectivity index (χ2v) is 7.16. The van der Waals surface area contributed by atoms with E-state index in [1.807, 2.05) is 31.2 Å². The Morgan fingerprint density at radius 2 is 2.03 bits per heavy atom. The molecule has 0 bridgehead atoms. The van der Waals surface area contributed by atoms with Crippen LogP contribution >= 0.6 is 0 Å². The number of carboxylic acid groups (broad SMARTS) is 1. The lowest BCUT2D eigenvalue weighted by Gasteiger charge is -2.08. The van der Waals surface area contributed by atoms with Crippen LogP contribution in [0.15, 0.2) is 59.3 Å². The lowest BCUT2D eigenvalue weighted by Crippen LogP contribution is -2.26. The van der Waals surface area contributed by atoms with Crippen molar-refractivity contribution in [2.24, 2.45) is 0 Å². The maximum absolute atomic E-state index is 12.5. The zero-order chi connectivity index (χ0) is 22.7. The molecule has 0 aliphatic rings. The first-order valence-corrected chi connectivity index (χ1v) is 9.77. The molecule has 0 unspecified atom stereocenters. The molecule has 4 rings (SSSR count). The number of carboxylic acids is 1. The zero-order valence-electron chi connectivity index (χ0n) is 17.1. The number of aromatic nitrogens is 4. The summed E-state index contributed by atoms with van der Waals surface area (Å²) in [5, 5.41) is 23.5. The third-order valence-electron chi connectivity index (χ3n) is 4.83. The van der Waals surface area contributed by atoms with Crippen molar-refractivity contribution < 1.29 is 19.2 Å². The molecular formula is C22H20N6O4. The minimum atomic E-state index is -1.16. The minimum Gasteiger partial charge on any atom is -0.476 e. The van der Waals surface area contributed by atoms with Gasteiger partial charge in [-0.25, -0.2) is 9.48 Å². The van der Waals surface area contributed by atoms with Gasteiger partial charge in [-0.3, -0.25) is 4.79 Å². The third-order valence-corrected chi connectivity index (χ3v) is 4.83. The van der Waals surface area contributed by atoms with Crippen molar-refractivity contribution in [3.05, 3.63) is 77.3 Å². The molecule has 0 saturated carbocycles. The van der Waals surface area contributed by atoms with Gasteiger partial charge in [0.15, 0.2) is 5.69 Å². The monoisotopic (exact) mass is 432 g/mol. The first-order chi connectivity index (χ1) is 15.4. The van der Waals surface area contributed by atoms with Crippen LogP contribution in [0.5, 0.6) is 0 Å². The predicted octanol–water partition coefficient (Wildman–Crippen LogP) is 2.48. The van der Waals surface area contributed by atoms with E-state index in [2.05, 4.69) is 20.8 Å². The van der Waals surface area contributed by atoms with Gasteiger partial charge in [-0.15, -0.1) is 5.10 Å². The van der Waals surface area contributed by atoms with Crippen LogP contribution in [0.25, 0.3) is 16.9 Å². The van der Waals surface area contributed by atoms with Gasteiger partial charge in [-0.05, 0) is 42.8 Å². The normalized spacial score (nSPS) is 10.8. The van der Waals surface area contributed by atoms with E-state index in [0.717, 1.165) is 16.8 Å². The average molecular weight is 432 g/mol. The Morgan fingerprint density at radius 1 is 1.19 bits per heavy atom. The SMILES string of the molecule is Cc1cc(-c2cn(-c3cccc(N)c3)nn2)ccc1C(=O)NCCc1cc(C(=O)O)no1. The second kappa shape index (κ2) is 8.72. The third kappa shape index (κ3) is 4.48. The first-order valence-electron chi connectivity index (χ1n) is 9.77. The van der Waals surface area contributed by atoms with E-state index >= 15 is 0 Å². The van der Waals surface area contributed by atoms with Crippen LogP contribution < -0.4 is 11.1 Å². The Bertz CT molecular complexity index is 1290.